The fraction of sp³-hybridized carbons (Fsp3) is 0.158. The molecule has 0 N–H and O–H groups in total. The maximum absolute atomic E-state index is 13.8. The van der Waals surface area contributed by atoms with Crippen LogP contribution < -0.4 is 18.9 Å². The molecule has 5 aromatic carbocycles. The van der Waals surface area contributed by atoms with Crippen molar-refractivity contribution >= 4 is 11.8 Å². The number of rotatable bonds is 13. The fourth-order valence-corrected chi connectivity index (χ4v) is 4.95. The summed E-state index contributed by atoms with van der Waals surface area (Å²) < 4.78 is 29.7. The van der Waals surface area contributed by atoms with Gasteiger partial charge in [0.15, 0.2) is 5.78 Å². The van der Waals surface area contributed by atoms with Gasteiger partial charge >= 0.3 is 5.97 Å². The summed E-state index contributed by atoms with van der Waals surface area (Å²) in [4.78, 5) is 27.3. The lowest BCUT2D eigenvalue weighted by molar-refractivity contribution is 0.0699. The lowest BCUT2D eigenvalue weighted by atomic mass is 10.1. The Hall–Kier alpha value is -5.40. The van der Waals surface area contributed by atoms with Gasteiger partial charge in [-0.15, -0.1) is 0 Å². The van der Waals surface area contributed by atoms with Crippen molar-refractivity contribution in [2.24, 2.45) is 0 Å². The second kappa shape index (κ2) is 14.4. The van der Waals surface area contributed by atoms with Crippen molar-refractivity contribution < 1.29 is 33.3 Å². The van der Waals surface area contributed by atoms with E-state index in [1.807, 2.05) is 97.1 Å². The third kappa shape index (κ3) is 7.77. The molecule has 0 saturated carbocycles. The Balaban J connectivity index is 1.32. The molecule has 1 aliphatic rings. The van der Waals surface area contributed by atoms with Gasteiger partial charge in [-0.2, -0.15) is 0 Å². The van der Waals surface area contributed by atoms with Gasteiger partial charge in [0, 0.05) is 18.6 Å². The van der Waals surface area contributed by atoms with E-state index in [0.29, 0.717) is 23.7 Å². The Morgan fingerprint density at radius 1 is 0.644 bits per heavy atom. The molecule has 6 rings (SSSR count). The Bertz CT molecular complexity index is 1750. The summed E-state index contributed by atoms with van der Waals surface area (Å²) in [7, 11) is 0. The number of Topliss-reactive ketones (excluding diaryl/α,β-unsaturated/α-hetero) is 1. The lowest BCUT2D eigenvalue weighted by Crippen LogP contribution is -2.16. The molecule has 7 nitrogen and oxygen atoms in total. The first-order valence-electron chi connectivity index (χ1n) is 14.8. The minimum absolute atomic E-state index is 0.0170. The molecule has 0 aliphatic carbocycles. The molecule has 0 amide bonds. The van der Waals surface area contributed by atoms with Gasteiger partial charge in [-0.3, -0.25) is 4.79 Å². The Morgan fingerprint density at radius 2 is 1.24 bits per heavy atom. The number of hydrogen-bond donors (Lipinski definition) is 0. The van der Waals surface area contributed by atoms with Crippen molar-refractivity contribution in [2.45, 2.75) is 26.2 Å². The van der Waals surface area contributed by atoms with Crippen LogP contribution in [0.3, 0.4) is 0 Å². The Morgan fingerprint density at radius 3 is 1.91 bits per heavy atom. The molecule has 1 aliphatic heterocycles. The highest BCUT2D eigenvalue weighted by molar-refractivity contribution is 6.04. The van der Waals surface area contributed by atoms with Gasteiger partial charge in [0.05, 0.1) is 18.8 Å². The van der Waals surface area contributed by atoms with Crippen LogP contribution in [0.2, 0.25) is 0 Å². The first kappa shape index (κ1) is 29.7. The molecular weight excluding hydrogens is 568 g/mol. The highest BCUT2D eigenvalue weighted by Gasteiger charge is 2.25. The number of hydrogen-bond acceptors (Lipinski definition) is 7. The van der Waals surface area contributed by atoms with Crippen LogP contribution >= 0.6 is 0 Å². The zero-order valence-electron chi connectivity index (χ0n) is 24.6. The number of benzene rings is 5. The monoisotopic (exact) mass is 600 g/mol. The van der Waals surface area contributed by atoms with Crippen molar-refractivity contribution in [1.29, 1.82) is 0 Å². The number of ether oxygens (including phenoxy) is 5. The van der Waals surface area contributed by atoms with Gasteiger partial charge in [-0.25, -0.2) is 4.79 Å². The van der Waals surface area contributed by atoms with Crippen molar-refractivity contribution in [3.8, 4) is 23.0 Å². The van der Waals surface area contributed by atoms with E-state index in [0.717, 1.165) is 28.7 Å². The summed E-state index contributed by atoms with van der Waals surface area (Å²) in [5, 5.41) is 0. The highest BCUT2D eigenvalue weighted by atomic mass is 16.5. The molecule has 0 aromatic heterocycles. The van der Waals surface area contributed by atoms with Crippen molar-refractivity contribution in [3.63, 3.8) is 0 Å². The van der Waals surface area contributed by atoms with Crippen LogP contribution in [0.1, 0.15) is 43.0 Å². The maximum atomic E-state index is 13.8. The van der Waals surface area contributed by atoms with Crippen LogP contribution in [0.4, 0.5) is 0 Å². The Labute approximate surface area is 261 Å². The van der Waals surface area contributed by atoms with Crippen LogP contribution in [0.15, 0.2) is 121 Å². The minimum Gasteiger partial charge on any atom is -0.493 e. The molecule has 0 bridgehead atoms. The molecular formula is C38H32O7. The van der Waals surface area contributed by atoms with E-state index in [1.54, 1.807) is 24.3 Å². The summed E-state index contributed by atoms with van der Waals surface area (Å²) in [6, 6.07) is 37.3. The van der Waals surface area contributed by atoms with Crippen LogP contribution in [0.25, 0.3) is 0 Å². The van der Waals surface area contributed by atoms with Crippen LogP contribution in [0.5, 0.6) is 23.0 Å². The number of ketones is 1. The molecule has 0 fully saturated rings. The van der Waals surface area contributed by atoms with Crippen molar-refractivity contribution in [3.05, 3.63) is 155 Å². The zero-order valence-corrected chi connectivity index (χ0v) is 24.6. The van der Waals surface area contributed by atoms with Crippen LogP contribution in [0, 0.1) is 0 Å². The molecule has 1 heterocycles. The molecule has 5 aromatic rings. The van der Waals surface area contributed by atoms with E-state index in [9.17, 15) is 9.59 Å². The summed E-state index contributed by atoms with van der Waals surface area (Å²) >= 11 is 0. The quantitative estimate of drug-likeness (QED) is 0.0792. The molecule has 0 saturated heterocycles. The smallest absolute Gasteiger partial charge is 0.343 e. The second-order valence-corrected chi connectivity index (χ2v) is 10.6. The van der Waals surface area contributed by atoms with Crippen LogP contribution in [-0.4, -0.2) is 25.0 Å². The number of fused-ring (bicyclic) bond motifs is 1. The van der Waals surface area contributed by atoms with E-state index >= 15 is 0 Å². The van der Waals surface area contributed by atoms with E-state index in [-0.39, 0.29) is 43.5 Å². The van der Waals surface area contributed by atoms with Gasteiger partial charge in [0.1, 0.15) is 48.4 Å². The lowest BCUT2D eigenvalue weighted by Gasteiger charge is -2.18. The minimum atomic E-state index is -0.637. The van der Waals surface area contributed by atoms with Crippen LogP contribution in [-0.2, 0) is 31.0 Å². The topological polar surface area (TPSA) is 80.3 Å². The summed E-state index contributed by atoms with van der Waals surface area (Å²) in [6.07, 6.45) is 0.787. The van der Waals surface area contributed by atoms with E-state index in [1.165, 1.54) is 0 Å². The number of esters is 1. The predicted octanol–water partition coefficient (Wildman–Crippen LogP) is 7.40. The molecule has 45 heavy (non-hydrogen) atoms. The normalized spacial score (nSPS) is 11.7. The largest absolute Gasteiger partial charge is 0.493 e. The van der Waals surface area contributed by atoms with E-state index < -0.39 is 11.8 Å². The third-order valence-electron chi connectivity index (χ3n) is 7.28. The Kier molecular flexibility index (Phi) is 9.48. The third-order valence-corrected chi connectivity index (χ3v) is 7.28. The fourth-order valence-electron chi connectivity index (χ4n) is 4.95. The molecule has 7 heteroatoms. The maximum Gasteiger partial charge on any atom is 0.343 e. The second-order valence-electron chi connectivity index (χ2n) is 10.6. The molecule has 226 valence electrons. The standard InChI is InChI=1S/C38H32O7/c39-33(26-41-23-27-10-4-1-5-11-27)37-35(44-25-29-14-8-3-9-15-29)21-32(43-24-28-12-6-2-7-13-28)22-36(37)45-38(40)31-17-16-30-18-19-42-34(30)20-31/h1-17,20-22H,18-19,23-26H2. The summed E-state index contributed by atoms with van der Waals surface area (Å²) in [5.41, 5.74) is 4.22. The molecule has 0 atom stereocenters. The summed E-state index contributed by atoms with van der Waals surface area (Å²) in [5.74, 6) is 0.234. The summed E-state index contributed by atoms with van der Waals surface area (Å²) in [6.45, 7) is 1.01. The number of carbonyl (C=O) groups excluding carboxylic acids is 2. The van der Waals surface area contributed by atoms with Gasteiger partial charge in [0.2, 0.25) is 0 Å². The zero-order chi connectivity index (χ0) is 30.8. The van der Waals surface area contributed by atoms with Gasteiger partial charge in [-0.05, 0) is 34.4 Å². The van der Waals surface area contributed by atoms with Crippen molar-refractivity contribution in [1.82, 2.24) is 0 Å². The molecule has 0 unspecified atom stereocenters. The first-order chi connectivity index (χ1) is 22.1. The molecule has 0 radical (unpaired) electrons. The van der Waals surface area contributed by atoms with Crippen molar-refractivity contribution in [2.75, 3.05) is 13.2 Å². The van der Waals surface area contributed by atoms with Gasteiger partial charge in [0.25, 0.3) is 0 Å². The van der Waals surface area contributed by atoms with E-state index in [2.05, 4.69) is 0 Å². The predicted molar refractivity (Wildman–Crippen MR) is 169 cm³/mol. The average molecular weight is 601 g/mol. The highest BCUT2D eigenvalue weighted by Crippen LogP contribution is 2.37. The van der Waals surface area contributed by atoms with Gasteiger partial charge in [-0.1, -0.05) is 97.1 Å². The number of carbonyl (C=O) groups is 2. The van der Waals surface area contributed by atoms with Gasteiger partial charge < -0.3 is 23.7 Å². The SMILES string of the molecule is O=C(Oc1cc(OCc2ccccc2)cc(OCc2ccccc2)c1C(=O)COCc1ccccc1)c1ccc2c(c1)OCC2. The average Bonchev–Trinajstić information content (AvgIpc) is 3.56. The first-order valence-corrected chi connectivity index (χ1v) is 14.8. The van der Waals surface area contributed by atoms with E-state index in [4.69, 9.17) is 23.7 Å². The molecule has 0 spiro atoms.